The van der Waals surface area contributed by atoms with Gasteiger partial charge in [0.2, 0.25) is 0 Å². The Labute approximate surface area is 88.0 Å². The summed E-state index contributed by atoms with van der Waals surface area (Å²) < 4.78 is 0. The zero-order chi connectivity index (χ0) is 9.80. The van der Waals surface area contributed by atoms with Gasteiger partial charge in [-0.05, 0) is 0 Å². The molecule has 1 heteroatoms. The van der Waals surface area contributed by atoms with E-state index in [2.05, 4.69) is 60.7 Å². The van der Waals surface area contributed by atoms with E-state index in [1.54, 1.807) is 0 Å². The molecule has 70 valence electrons. The summed E-state index contributed by atoms with van der Waals surface area (Å²) in [5, 5.41) is 0. The molecule has 0 amide bonds. The summed E-state index contributed by atoms with van der Waals surface area (Å²) in [6.45, 7) is 0. The predicted molar refractivity (Wildman–Crippen MR) is 63.3 cm³/mol. The van der Waals surface area contributed by atoms with Crippen LogP contribution < -0.4 is 0 Å². The van der Waals surface area contributed by atoms with E-state index in [9.17, 15) is 0 Å². The van der Waals surface area contributed by atoms with Crippen LogP contribution in [0.5, 0.6) is 0 Å². The molecule has 0 atom stereocenters. The minimum Gasteiger partial charge on any atom is -0.281 e. The lowest BCUT2D eigenvalue weighted by atomic mass is 10.0. The van der Waals surface area contributed by atoms with E-state index in [0.717, 1.165) is 0 Å². The van der Waals surface area contributed by atoms with Crippen molar-refractivity contribution < 1.29 is 0 Å². The van der Waals surface area contributed by atoms with Gasteiger partial charge in [0.1, 0.15) is 0 Å². The average molecular weight is 197 g/mol. The summed E-state index contributed by atoms with van der Waals surface area (Å²) in [6, 6.07) is 21.2. The molecule has 0 heterocycles. The molecule has 14 heavy (non-hydrogen) atoms. The van der Waals surface area contributed by atoms with Crippen LogP contribution in [0, 0.1) is 0 Å². The Hall–Kier alpha value is -1.34. The number of benzene rings is 2. The molecule has 0 aliphatic heterocycles. The number of hydrogen-bond donors (Lipinski definition) is 0. The Morgan fingerprint density at radius 2 is 1.00 bits per heavy atom. The molecule has 0 nitrogen and oxygen atoms in total. The van der Waals surface area contributed by atoms with E-state index in [1.165, 1.54) is 11.1 Å². The van der Waals surface area contributed by atoms with Crippen molar-refractivity contribution in [3.63, 3.8) is 0 Å². The molecule has 0 aliphatic rings. The predicted octanol–water partition coefficient (Wildman–Crippen LogP) is 2.41. The molecule has 0 radical (unpaired) electrons. The standard InChI is InChI=1S/C13H13Si/c14-13(11-7-3-1-4-8-11)12-9-5-2-6-10-12/h1-10,13H,14H2/q-1. The van der Waals surface area contributed by atoms with Gasteiger partial charge >= 0.3 is 0 Å². The molecule has 0 spiro atoms. The third kappa shape index (κ3) is 1.94. The maximum Gasteiger partial charge on any atom is -0.0615 e. The second-order valence-corrected chi connectivity index (χ2v) is 4.19. The molecule has 2 aromatic rings. The van der Waals surface area contributed by atoms with Crippen LogP contribution in [0.2, 0.25) is 0 Å². The zero-order valence-corrected chi connectivity index (χ0v) is 9.47. The Morgan fingerprint density at radius 1 is 0.643 bits per heavy atom. The van der Waals surface area contributed by atoms with Crippen LogP contribution in [0.25, 0.3) is 0 Å². The third-order valence-corrected chi connectivity index (χ3v) is 3.35. The first kappa shape index (κ1) is 9.22. The van der Waals surface area contributed by atoms with Crippen molar-refractivity contribution in [2.24, 2.45) is 0 Å². The first-order valence-corrected chi connectivity index (χ1v) is 5.62. The largest absolute Gasteiger partial charge is 0.281 e. The van der Waals surface area contributed by atoms with Crippen LogP contribution in [0.15, 0.2) is 60.7 Å². The lowest BCUT2D eigenvalue weighted by Crippen LogP contribution is -1.99. The van der Waals surface area contributed by atoms with E-state index in [-0.39, 0.29) is 0 Å². The second kappa shape index (κ2) is 4.25. The SMILES string of the molecule is [SiH2-]C(c1ccccc1)c1ccccc1. The van der Waals surface area contributed by atoms with Gasteiger partial charge in [-0.3, -0.25) is 10.2 Å². The smallest absolute Gasteiger partial charge is 0.0615 e. The molecule has 2 aromatic carbocycles. The molecule has 0 fully saturated rings. The van der Waals surface area contributed by atoms with Gasteiger partial charge < -0.3 is 0 Å². The van der Waals surface area contributed by atoms with Gasteiger partial charge in [0, 0.05) is 0 Å². The van der Waals surface area contributed by atoms with Crippen molar-refractivity contribution >= 4 is 10.2 Å². The van der Waals surface area contributed by atoms with Gasteiger partial charge in [0.05, 0.1) is 0 Å². The van der Waals surface area contributed by atoms with E-state index >= 15 is 0 Å². The monoisotopic (exact) mass is 197 g/mol. The Morgan fingerprint density at radius 3 is 1.36 bits per heavy atom. The maximum atomic E-state index is 2.19. The highest BCUT2D eigenvalue weighted by atomic mass is 28.1. The van der Waals surface area contributed by atoms with Crippen LogP contribution in [-0.4, -0.2) is 10.2 Å². The van der Waals surface area contributed by atoms with Crippen molar-refractivity contribution in [2.45, 2.75) is 5.54 Å². The van der Waals surface area contributed by atoms with E-state index in [1.807, 2.05) is 10.2 Å². The van der Waals surface area contributed by atoms with Crippen LogP contribution in [0.4, 0.5) is 0 Å². The highest BCUT2D eigenvalue weighted by molar-refractivity contribution is 6.14. The highest BCUT2D eigenvalue weighted by Gasteiger charge is 1.99. The molecular weight excluding hydrogens is 184 g/mol. The molecule has 0 saturated carbocycles. The second-order valence-electron chi connectivity index (χ2n) is 3.37. The zero-order valence-electron chi connectivity index (χ0n) is 8.06. The minimum absolute atomic E-state index is 0.511. The third-order valence-electron chi connectivity index (χ3n) is 2.40. The first-order valence-electron chi connectivity index (χ1n) is 4.81. The quantitative estimate of drug-likeness (QED) is 0.649. The van der Waals surface area contributed by atoms with Gasteiger partial charge in [-0.15, -0.1) is 5.54 Å². The van der Waals surface area contributed by atoms with Gasteiger partial charge in [-0.2, -0.15) is 0 Å². The first-order chi connectivity index (χ1) is 6.88. The lowest BCUT2D eigenvalue weighted by Gasteiger charge is -2.18. The van der Waals surface area contributed by atoms with Crippen LogP contribution in [0.3, 0.4) is 0 Å². The van der Waals surface area contributed by atoms with Gasteiger partial charge in [0.25, 0.3) is 0 Å². The summed E-state index contributed by atoms with van der Waals surface area (Å²) in [5.41, 5.74) is 3.28. The van der Waals surface area contributed by atoms with Crippen molar-refractivity contribution in [3.8, 4) is 0 Å². The van der Waals surface area contributed by atoms with Crippen LogP contribution >= 0.6 is 0 Å². The summed E-state index contributed by atoms with van der Waals surface area (Å²) >= 11 is 0. The van der Waals surface area contributed by atoms with Crippen LogP contribution in [-0.2, 0) is 0 Å². The molecule has 2 rings (SSSR count). The summed E-state index contributed by atoms with van der Waals surface area (Å²) in [5.74, 6) is 0. The van der Waals surface area contributed by atoms with Gasteiger partial charge in [-0.1, -0.05) is 71.8 Å². The van der Waals surface area contributed by atoms with Crippen molar-refractivity contribution in [1.82, 2.24) is 0 Å². The summed E-state index contributed by atoms with van der Waals surface area (Å²) in [6.07, 6.45) is 0. The van der Waals surface area contributed by atoms with Crippen LogP contribution in [0.1, 0.15) is 16.7 Å². The fourth-order valence-electron chi connectivity index (χ4n) is 1.56. The molecule has 0 unspecified atom stereocenters. The number of hydrogen-bond acceptors (Lipinski definition) is 0. The summed E-state index contributed by atoms with van der Waals surface area (Å²) in [7, 11) is 2.03. The van der Waals surface area contributed by atoms with Crippen molar-refractivity contribution in [1.29, 1.82) is 0 Å². The van der Waals surface area contributed by atoms with E-state index in [0.29, 0.717) is 5.54 Å². The van der Waals surface area contributed by atoms with Crippen molar-refractivity contribution in [3.05, 3.63) is 71.8 Å². The molecule has 0 aromatic heterocycles. The Balaban J connectivity index is 2.30. The van der Waals surface area contributed by atoms with E-state index in [4.69, 9.17) is 0 Å². The average Bonchev–Trinajstić information content (AvgIpc) is 2.30. The van der Waals surface area contributed by atoms with E-state index < -0.39 is 0 Å². The normalized spacial score (nSPS) is 10.4. The molecule has 0 saturated heterocycles. The minimum atomic E-state index is 0.511. The molecule has 0 aliphatic carbocycles. The Bertz CT molecular complexity index is 341. The number of rotatable bonds is 2. The maximum absolute atomic E-state index is 2.19. The fraction of sp³-hybridized carbons (Fsp3) is 0.0769. The Kier molecular flexibility index (Phi) is 2.80. The highest BCUT2D eigenvalue weighted by Crippen LogP contribution is 2.20. The molecule has 0 N–H and O–H groups in total. The molecular formula is C13H13Si-. The summed E-state index contributed by atoms with van der Waals surface area (Å²) in [4.78, 5) is 0. The lowest BCUT2D eigenvalue weighted by molar-refractivity contribution is 1.14. The molecule has 0 bridgehead atoms. The van der Waals surface area contributed by atoms with Gasteiger partial charge in [0.15, 0.2) is 0 Å². The van der Waals surface area contributed by atoms with Crippen molar-refractivity contribution in [2.75, 3.05) is 0 Å². The van der Waals surface area contributed by atoms with Gasteiger partial charge in [-0.25, -0.2) is 0 Å². The topological polar surface area (TPSA) is 0 Å². The fourth-order valence-corrected chi connectivity index (χ4v) is 2.11.